The Bertz CT molecular complexity index is 942. The molecule has 3 aromatic rings. The fourth-order valence-electron chi connectivity index (χ4n) is 3.18. The predicted molar refractivity (Wildman–Crippen MR) is 125 cm³/mol. The van der Waals surface area contributed by atoms with Crippen LogP contribution in [0.3, 0.4) is 0 Å². The number of rotatable bonds is 12. The summed E-state index contributed by atoms with van der Waals surface area (Å²) in [7, 11) is 1.67. The van der Waals surface area contributed by atoms with E-state index in [1.54, 1.807) is 18.9 Å². The van der Waals surface area contributed by atoms with Crippen LogP contribution in [0.2, 0.25) is 0 Å². The molecule has 0 saturated carbocycles. The molecule has 0 saturated heterocycles. The third-order valence-corrected chi connectivity index (χ3v) is 5.85. The van der Waals surface area contributed by atoms with Gasteiger partial charge in [-0.3, -0.25) is 9.36 Å². The molecule has 164 valence electrons. The zero-order valence-corrected chi connectivity index (χ0v) is 19.0. The minimum atomic E-state index is 0.137. The van der Waals surface area contributed by atoms with E-state index in [1.807, 2.05) is 42.5 Å². The average molecular weight is 439 g/mol. The lowest BCUT2D eigenvalue weighted by Crippen LogP contribution is -2.23. The van der Waals surface area contributed by atoms with Crippen LogP contribution < -0.4 is 10.1 Å². The number of nitrogens with one attached hydrogen (secondary N) is 1. The maximum absolute atomic E-state index is 11.7. The van der Waals surface area contributed by atoms with E-state index in [4.69, 9.17) is 4.74 Å². The largest absolute Gasteiger partial charge is 0.497 e. The van der Waals surface area contributed by atoms with Gasteiger partial charge in [0.05, 0.1) is 7.11 Å². The van der Waals surface area contributed by atoms with Gasteiger partial charge in [-0.25, -0.2) is 0 Å². The van der Waals surface area contributed by atoms with E-state index >= 15 is 0 Å². The molecule has 1 amide bonds. The van der Waals surface area contributed by atoms with Crippen LogP contribution in [0, 0.1) is 0 Å². The molecule has 1 heterocycles. The first-order valence-corrected chi connectivity index (χ1v) is 11.7. The van der Waals surface area contributed by atoms with Crippen LogP contribution in [0.1, 0.15) is 44.0 Å². The van der Waals surface area contributed by atoms with E-state index in [0.29, 0.717) is 12.8 Å². The topological polar surface area (TPSA) is 69.0 Å². The van der Waals surface area contributed by atoms with Crippen LogP contribution in [0.5, 0.6) is 5.75 Å². The number of methoxy groups -OCH3 is 1. The van der Waals surface area contributed by atoms with Gasteiger partial charge in [0.15, 0.2) is 5.16 Å². The summed E-state index contributed by atoms with van der Waals surface area (Å²) >= 11 is 1.68. The Morgan fingerprint density at radius 2 is 1.84 bits per heavy atom. The molecule has 0 radical (unpaired) electrons. The zero-order chi connectivity index (χ0) is 21.9. The third-order valence-electron chi connectivity index (χ3n) is 4.84. The molecular formula is C24H30N4O2S. The molecule has 0 aliphatic rings. The fourth-order valence-corrected chi connectivity index (χ4v) is 4.15. The Labute approximate surface area is 188 Å². The highest BCUT2D eigenvalue weighted by Gasteiger charge is 2.15. The fraction of sp³-hybridized carbons (Fsp3) is 0.375. The molecule has 1 N–H and O–H groups in total. The Balaban J connectivity index is 1.68. The number of nitrogens with zero attached hydrogens (tertiary/aromatic N) is 3. The molecule has 2 aromatic carbocycles. The number of amides is 1. The highest BCUT2D eigenvalue weighted by molar-refractivity contribution is 7.99. The van der Waals surface area contributed by atoms with Crippen molar-refractivity contribution in [1.29, 1.82) is 0 Å². The van der Waals surface area contributed by atoms with Crippen molar-refractivity contribution in [3.63, 3.8) is 0 Å². The minimum Gasteiger partial charge on any atom is -0.497 e. The van der Waals surface area contributed by atoms with Crippen LogP contribution in [-0.2, 0) is 11.2 Å². The highest BCUT2D eigenvalue weighted by Crippen LogP contribution is 2.25. The lowest BCUT2D eigenvalue weighted by Gasteiger charge is -2.11. The number of unbranched alkanes of at least 4 members (excludes halogenated alkanes) is 1. The van der Waals surface area contributed by atoms with Crippen molar-refractivity contribution in [2.24, 2.45) is 0 Å². The molecular weight excluding hydrogens is 408 g/mol. The van der Waals surface area contributed by atoms with Gasteiger partial charge in [0.2, 0.25) is 5.91 Å². The molecule has 31 heavy (non-hydrogen) atoms. The van der Waals surface area contributed by atoms with Gasteiger partial charge in [0, 0.05) is 30.8 Å². The van der Waals surface area contributed by atoms with E-state index in [1.165, 1.54) is 5.56 Å². The number of ether oxygens (including phenoxy) is 1. The van der Waals surface area contributed by atoms with E-state index in [0.717, 1.165) is 54.0 Å². The summed E-state index contributed by atoms with van der Waals surface area (Å²) in [5.74, 6) is 2.74. The minimum absolute atomic E-state index is 0.137. The Morgan fingerprint density at radius 1 is 1.06 bits per heavy atom. The number of benzene rings is 2. The van der Waals surface area contributed by atoms with Crippen molar-refractivity contribution >= 4 is 17.7 Å². The average Bonchev–Trinajstić information content (AvgIpc) is 3.20. The molecule has 7 heteroatoms. The van der Waals surface area contributed by atoms with E-state index in [9.17, 15) is 4.79 Å². The lowest BCUT2D eigenvalue weighted by molar-refractivity contribution is -0.121. The summed E-state index contributed by atoms with van der Waals surface area (Å²) in [5, 5.41) is 12.8. The second-order valence-electron chi connectivity index (χ2n) is 7.25. The number of carbonyl (C=O) groups is 1. The van der Waals surface area contributed by atoms with E-state index in [-0.39, 0.29) is 5.91 Å². The van der Waals surface area contributed by atoms with Gasteiger partial charge in [0.1, 0.15) is 11.6 Å². The molecule has 0 fully saturated rings. The monoisotopic (exact) mass is 438 g/mol. The Kier molecular flexibility index (Phi) is 8.97. The van der Waals surface area contributed by atoms with Crippen molar-refractivity contribution in [1.82, 2.24) is 20.1 Å². The van der Waals surface area contributed by atoms with Gasteiger partial charge in [-0.05, 0) is 49.1 Å². The van der Waals surface area contributed by atoms with Crippen LogP contribution in [0.25, 0.3) is 5.69 Å². The molecule has 0 bridgehead atoms. The molecule has 0 aliphatic carbocycles. The molecule has 0 spiro atoms. The van der Waals surface area contributed by atoms with Crippen molar-refractivity contribution in [2.75, 3.05) is 19.4 Å². The standard InChI is InChI=1S/C24H30N4O2S/c1-3-16-25-23(29)11-7-8-17-31-24-27-26-22(18-19-9-5-4-6-10-19)28(24)20-12-14-21(30-2)15-13-20/h4-6,9-10,12-15H,3,7-8,11,16-18H2,1-2H3,(H,25,29). The summed E-state index contributed by atoms with van der Waals surface area (Å²) in [6.45, 7) is 2.81. The van der Waals surface area contributed by atoms with Crippen molar-refractivity contribution in [2.45, 2.75) is 44.2 Å². The van der Waals surface area contributed by atoms with Gasteiger partial charge in [-0.1, -0.05) is 49.0 Å². The summed E-state index contributed by atoms with van der Waals surface area (Å²) in [6, 6.07) is 18.2. The molecule has 6 nitrogen and oxygen atoms in total. The normalized spacial score (nSPS) is 10.8. The van der Waals surface area contributed by atoms with Crippen molar-refractivity contribution in [3.8, 4) is 11.4 Å². The summed E-state index contributed by atoms with van der Waals surface area (Å²) < 4.78 is 7.42. The number of carbonyl (C=O) groups excluding carboxylic acids is 1. The first-order valence-electron chi connectivity index (χ1n) is 10.7. The second-order valence-corrected chi connectivity index (χ2v) is 8.31. The van der Waals surface area contributed by atoms with Gasteiger partial charge < -0.3 is 10.1 Å². The molecule has 3 rings (SSSR count). The zero-order valence-electron chi connectivity index (χ0n) is 18.2. The summed E-state index contributed by atoms with van der Waals surface area (Å²) in [5.41, 5.74) is 2.21. The highest BCUT2D eigenvalue weighted by atomic mass is 32.2. The van der Waals surface area contributed by atoms with Gasteiger partial charge >= 0.3 is 0 Å². The van der Waals surface area contributed by atoms with Crippen molar-refractivity contribution < 1.29 is 9.53 Å². The van der Waals surface area contributed by atoms with Gasteiger partial charge in [-0.15, -0.1) is 10.2 Å². The van der Waals surface area contributed by atoms with Gasteiger partial charge in [-0.2, -0.15) is 0 Å². The van der Waals surface area contributed by atoms with E-state index in [2.05, 4.69) is 39.1 Å². The smallest absolute Gasteiger partial charge is 0.219 e. The van der Waals surface area contributed by atoms with Crippen molar-refractivity contribution in [3.05, 3.63) is 66.0 Å². The second kappa shape index (κ2) is 12.2. The van der Waals surface area contributed by atoms with Gasteiger partial charge in [0.25, 0.3) is 0 Å². The van der Waals surface area contributed by atoms with Crippen LogP contribution in [0.4, 0.5) is 0 Å². The predicted octanol–water partition coefficient (Wildman–Crippen LogP) is 4.66. The number of hydrogen-bond donors (Lipinski definition) is 1. The Morgan fingerprint density at radius 3 is 2.55 bits per heavy atom. The molecule has 1 aromatic heterocycles. The number of aromatic nitrogens is 3. The van der Waals surface area contributed by atoms with Crippen LogP contribution in [0.15, 0.2) is 59.8 Å². The third kappa shape index (κ3) is 6.85. The summed E-state index contributed by atoms with van der Waals surface area (Å²) in [4.78, 5) is 11.7. The Hall–Kier alpha value is -2.80. The maximum Gasteiger partial charge on any atom is 0.219 e. The van der Waals surface area contributed by atoms with E-state index < -0.39 is 0 Å². The first kappa shape index (κ1) is 22.9. The molecule has 0 unspecified atom stereocenters. The SMILES string of the molecule is CCCNC(=O)CCCCSc1nnc(Cc2ccccc2)n1-c1ccc(OC)cc1. The number of hydrogen-bond acceptors (Lipinski definition) is 5. The molecule has 0 aliphatic heterocycles. The summed E-state index contributed by atoms with van der Waals surface area (Å²) in [6.07, 6.45) is 4.07. The van der Waals surface area contributed by atoms with Crippen LogP contribution in [-0.4, -0.2) is 40.1 Å². The molecule has 0 atom stereocenters. The first-order chi connectivity index (χ1) is 15.2. The quantitative estimate of drug-likeness (QED) is 0.329. The maximum atomic E-state index is 11.7. The lowest BCUT2D eigenvalue weighted by atomic mass is 10.1. The van der Waals surface area contributed by atoms with Crippen LogP contribution >= 0.6 is 11.8 Å². The number of thioether (sulfide) groups is 1.